The minimum Gasteiger partial charge on any atom is -0.508 e. The number of nitrogens with one attached hydrogen (secondary N) is 2. The molecule has 4 amide bonds. The lowest BCUT2D eigenvalue weighted by Crippen LogP contribution is -2.62. The quantitative estimate of drug-likeness (QED) is 0.141. The molecule has 0 radical (unpaired) electrons. The standard InChI is InChI=1S/C56H72N8O9/c1-9-63-47-17-16-38-31-43(47)44(51(63)42-13-10-19-57-49(42)36(4)71-8)32-56(5,6)34-73-55(70)45-14-11-21-64(59-45)54(69)46(29-37-27-40(38)30-41(65)28-37)58-52(67)50(35(2)3)60(7)53(68)39-18-22-62(33-39)48(66)15-12-20-61-23-25-72-26-24-61/h10,13,16-17,19,27-28,30-31,35-36,39,45-46,50,59,65H,9,11,14,18,20-26,29,32-34H2,1-8H3,(H,58,67)/t36-,39-,45-,46-,50?/m0/s1. The highest BCUT2D eigenvalue weighted by Gasteiger charge is 2.40. The number of amides is 4. The highest BCUT2D eigenvalue weighted by Crippen LogP contribution is 2.42. The molecule has 1 unspecified atom stereocenters. The predicted molar refractivity (Wildman–Crippen MR) is 276 cm³/mol. The van der Waals surface area contributed by atoms with Crippen molar-refractivity contribution in [3.63, 3.8) is 0 Å². The summed E-state index contributed by atoms with van der Waals surface area (Å²) in [4.78, 5) is 80.8. The van der Waals surface area contributed by atoms with E-state index in [1.807, 2.05) is 39.0 Å². The number of methoxy groups -OCH3 is 1. The molecule has 17 nitrogen and oxygen atoms in total. The van der Waals surface area contributed by atoms with Crippen molar-refractivity contribution in [2.45, 2.75) is 104 Å². The second kappa shape index (κ2) is 22.8. The Hall–Kier alpha value is -6.32. The average Bonchev–Trinajstić information content (AvgIpc) is 4.00. The van der Waals surface area contributed by atoms with Crippen molar-refractivity contribution >= 4 is 40.5 Å². The van der Waals surface area contributed by atoms with Crippen molar-refractivity contribution in [3.05, 3.63) is 71.5 Å². The largest absolute Gasteiger partial charge is 0.508 e. The summed E-state index contributed by atoms with van der Waals surface area (Å²) in [7, 11) is 3.26. The summed E-state index contributed by atoms with van der Waals surface area (Å²) in [6, 6.07) is 12.5. The zero-order valence-corrected chi connectivity index (χ0v) is 43.7. The van der Waals surface area contributed by atoms with E-state index in [2.05, 4.69) is 71.0 Å². The normalized spacial score (nSPS) is 21.5. The van der Waals surface area contributed by atoms with Crippen LogP contribution in [0, 0.1) is 29.1 Å². The molecular formula is C56H72N8O9. The third-order valence-corrected chi connectivity index (χ3v) is 14.8. The number of phenols is 1. The molecule has 8 rings (SSSR count). The first-order valence-corrected chi connectivity index (χ1v) is 25.8. The lowest BCUT2D eigenvalue weighted by molar-refractivity contribution is -0.155. The van der Waals surface area contributed by atoms with E-state index in [0.717, 1.165) is 52.1 Å². The van der Waals surface area contributed by atoms with Gasteiger partial charge in [-0.25, -0.2) is 5.43 Å². The number of carbonyl (C=O) groups excluding carboxylic acids is 5. The van der Waals surface area contributed by atoms with Gasteiger partial charge in [0.1, 0.15) is 23.9 Å². The summed E-state index contributed by atoms with van der Waals surface area (Å²) < 4.78 is 19.6. The Bertz CT molecular complexity index is 2770. The van der Waals surface area contributed by atoms with Gasteiger partial charge in [0, 0.05) is 87.9 Å². The molecule has 73 heavy (non-hydrogen) atoms. The molecule has 17 heteroatoms. The molecule has 3 N–H and O–H groups in total. The first-order valence-electron chi connectivity index (χ1n) is 25.8. The van der Waals surface area contributed by atoms with E-state index in [9.17, 15) is 29.1 Å². The molecule has 2 aromatic heterocycles. The molecule has 4 aliphatic rings. The van der Waals surface area contributed by atoms with E-state index in [-0.39, 0.29) is 55.7 Å². The van der Waals surface area contributed by atoms with Gasteiger partial charge in [-0.1, -0.05) is 45.7 Å². The van der Waals surface area contributed by atoms with Gasteiger partial charge in [0.2, 0.25) is 11.8 Å². The number of likely N-dealkylation sites (tertiary alicyclic amines) is 1. The van der Waals surface area contributed by atoms with E-state index < -0.39 is 47.2 Å². The van der Waals surface area contributed by atoms with Crippen molar-refractivity contribution in [3.8, 4) is 40.0 Å². The number of hydrazine groups is 1. The molecule has 6 heterocycles. The second-order valence-electron chi connectivity index (χ2n) is 21.1. The minimum atomic E-state index is -1.18. The lowest BCUT2D eigenvalue weighted by Gasteiger charge is -2.37. The maximum atomic E-state index is 14.8. The number of hydrogen-bond acceptors (Lipinski definition) is 12. The number of likely N-dealkylation sites (N-methyl/N-ethyl adjacent to an activating group) is 1. The van der Waals surface area contributed by atoms with Crippen LogP contribution in [0.25, 0.3) is 33.3 Å². The average molecular weight is 1000 g/mol. The molecule has 0 spiro atoms. The summed E-state index contributed by atoms with van der Waals surface area (Å²) in [5.41, 5.74) is 9.51. The molecule has 4 aromatic rings. The smallest absolute Gasteiger partial charge is 0.324 e. The maximum Gasteiger partial charge on any atom is 0.324 e. The van der Waals surface area contributed by atoms with Crippen LogP contribution in [0.2, 0.25) is 0 Å². The maximum absolute atomic E-state index is 14.8. The number of morpholine rings is 1. The van der Waals surface area contributed by atoms with Crippen LogP contribution in [0.15, 0.2) is 54.7 Å². The third kappa shape index (κ3) is 11.9. The number of nitrogens with zero attached hydrogens (tertiary/aromatic N) is 6. The third-order valence-electron chi connectivity index (χ3n) is 14.8. The zero-order valence-electron chi connectivity index (χ0n) is 43.7. The Morgan fingerprint density at radius 2 is 1.81 bits per heavy atom. The molecule has 0 aliphatic carbocycles. The van der Waals surface area contributed by atoms with E-state index in [4.69, 9.17) is 19.2 Å². The van der Waals surface area contributed by atoms with Crippen molar-refractivity contribution in [2.75, 3.05) is 73.2 Å². The fraction of sp³-hybridized carbons (Fsp3) is 0.536. The Labute approximate surface area is 428 Å². The van der Waals surface area contributed by atoms with Crippen LogP contribution in [0.3, 0.4) is 0 Å². The number of rotatable bonds is 10. The van der Waals surface area contributed by atoms with Crippen LogP contribution in [0.5, 0.6) is 5.75 Å². The molecule has 5 atom stereocenters. The van der Waals surface area contributed by atoms with Gasteiger partial charge in [-0.15, -0.1) is 0 Å². The van der Waals surface area contributed by atoms with Crippen molar-refractivity contribution in [1.82, 2.24) is 40.0 Å². The predicted octanol–water partition coefficient (Wildman–Crippen LogP) is 5.12. The van der Waals surface area contributed by atoms with Gasteiger partial charge in [-0.3, -0.25) is 38.9 Å². The van der Waals surface area contributed by atoms with E-state index in [1.165, 1.54) is 9.91 Å². The molecule has 2 aromatic carbocycles. The highest BCUT2D eigenvalue weighted by atomic mass is 16.5. The van der Waals surface area contributed by atoms with Crippen LogP contribution in [-0.4, -0.2) is 155 Å². The first-order chi connectivity index (χ1) is 35.0. The summed E-state index contributed by atoms with van der Waals surface area (Å²) in [6.07, 6.45) is 3.36. The number of ether oxygens (including phenoxy) is 3. The number of aryl methyl sites for hydroxylation is 1. The Kier molecular flexibility index (Phi) is 16.6. The summed E-state index contributed by atoms with van der Waals surface area (Å²) in [5.74, 6) is 2.67. The van der Waals surface area contributed by atoms with Gasteiger partial charge in [0.15, 0.2) is 0 Å². The number of aromatic nitrogens is 2. The second-order valence-corrected chi connectivity index (χ2v) is 21.1. The summed E-state index contributed by atoms with van der Waals surface area (Å²) >= 11 is 0. The topological polar surface area (TPSA) is 188 Å². The fourth-order valence-corrected chi connectivity index (χ4v) is 10.9. The van der Waals surface area contributed by atoms with E-state index >= 15 is 0 Å². The summed E-state index contributed by atoms with van der Waals surface area (Å²) in [6.45, 7) is 16.8. The number of aromatic hydroxyl groups is 1. The van der Waals surface area contributed by atoms with Crippen LogP contribution in [-0.2, 0) is 57.6 Å². The van der Waals surface area contributed by atoms with Gasteiger partial charge in [-0.2, -0.15) is 0 Å². The van der Waals surface area contributed by atoms with Gasteiger partial charge in [0.05, 0.1) is 49.8 Å². The Morgan fingerprint density at radius 1 is 1.03 bits per heavy atom. The number of phenolic OH excluding ortho intramolecular Hbond substituents is 1. The van der Waals surface area contributed by atoms with E-state index in [1.54, 1.807) is 37.4 Å². The molecule has 390 valence electrons. The molecule has 3 fully saturated rings. The Morgan fingerprint density at radius 3 is 2.55 bits per heavy atom. The van der Waals surface area contributed by atoms with Gasteiger partial charge >= 0.3 is 5.97 Å². The number of carbonyl (C=O) groups is 5. The van der Waals surface area contributed by atoms with Crippen LogP contribution in [0.1, 0.15) is 83.7 Å². The van der Waals surface area contributed by atoms with Crippen molar-refractivity contribution in [1.29, 1.82) is 0 Å². The number of fused-ring (bicyclic) bond motifs is 6. The van der Waals surface area contributed by atoms with Gasteiger partial charge < -0.3 is 39.0 Å². The van der Waals surface area contributed by atoms with Crippen molar-refractivity contribution in [2.24, 2.45) is 17.3 Å². The Balaban J connectivity index is 1.11. The molecular weight excluding hydrogens is 929 g/mol. The first kappa shape index (κ1) is 53.0. The van der Waals surface area contributed by atoms with Crippen molar-refractivity contribution < 1.29 is 43.3 Å². The summed E-state index contributed by atoms with van der Waals surface area (Å²) in [5, 5.41) is 16.8. The number of hydrogen-bond donors (Lipinski definition) is 3. The SMILES string of the molecule is CCn1c(-c2cccnc2[C@H](C)OC)c2c3cc(ccc31)-c1cc(O)cc(c1)C[C@H](NC(=O)C(C(C)C)N(C)C(=O)[C@H]1CCN(C(=O)C#CCN3CCOCC3)C1)C(=O)N1CCC[C@H](N1)C(=O)OCC(C)(C)C2. The number of benzene rings is 2. The lowest BCUT2D eigenvalue weighted by atomic mass is 9.84. The van der Waals surface area contributed by atoms with Crippen LogP contribution in [0.4, 0.5) is 0 Å². The monoisotopic (exact) mass is 1000 g/mol. The highest BCUT2D eigenvalue weighted by molar-refractivity contribution is 5.97. The number of pyridine rings is 1. The fourth-order valence-electron chi connectivity index (χ4n) is 10.9. The van der Waals surface area contributed by atoms with Crippen LogP contribution >= 0.6 is 0 Å². The molecule has 4 aliphatic heterocycles. The van der Waals surface area contributed by atoms with Gasteiger partial charge in [-0.05, 0) is 110 Å². The van der Waals surface area contributed by atoms with Gasteiger partial charge in [0.25, 0.3) is 11.8 Å². The minimum absolute atomic E-state index is 0.0160. The zero-order chi connectivity index (χ0) is 52.1. The number of cyclic esters (lactones) is 1. The molecule has 0 saturated carbocycles. The van der Waals surface area contributed by atoms with E-state index in [0.29, 0.717) is 69.7 Å². The van der Waals surface area contributed by atoms with Crippen LogP contribution < -0.4 is 10.7 Å². The molecule has 6 bridgehead atoms. The number of esters is 1. The molecule has 3 saturated heterocycles.